The molecule has 0 unspecified atom stereocenters. The summed E-state index contributed by atoms with van der Waals surface area (Å²) in [6, 6.07) is 3.93. The predicted molar refractivity (Wildman–Crippen MR) is 63.8 cm³/mol. The molecule has 0 bridgehead atoms. The molecule has 1 heterocycles. The molecule has 4 nitrogen and oxygen atoms in total. The SMILES string of the molecule is CC(C)CNc1cc2[nH]ncc2cc1N. The maximum absolute atomic E-state index is 5.93. The van der Waals surface area contributed by atoms with E-state index >= 15 is 0 Å². The zero-order valence-electron chi connectivity index (χ0n) is 9.04. The largest absolute Gasteiger partial charge is 0.397 e. The fraction of sp³-hybridized carbons (Fsp3) is 0.364. The zero-order valence-corrected chi connectivity index (χ0v) is 9.04. The number of nitrogens with zero attached hydrogens (tertiary/aromatic N) is 1. The fourth-order valence-electron chi connectivity index (χ4n) is 1.48. The number of H-pyrrole nitrogens is 1. The molecule has 0 saturated heterocycles. The Morgan fingerprint density at radius 1 is 1.47 bits per heavy atom. The Balaban J connectivity index is 2.29. The molecule has 4 N–H and O–H groups in total. The van der Waals surface area contributed by atoms with Gasteiger partial charge in [0.15, 0.2) is 0 Å². The molecule has 0 atom stereocenters. The van der Waals surface area contributed by atoms with Crippen LogP contribution in [0.15, 0.2) is 18.3 Å². The van der Waals surface area contributed by atoms with E-state index in [1.165, 1.54) is 0 Å². The second-order valence-corrected chi connectivity index (χ2v) is 4.17. The van der Waals surface area contributed by atoms with Crippen molar-refractivity contribution < 1.29 is 0 Å². The number of nitrogen functional groups attached to an aromatic ring is 1. The number of nitrogens with one attached hydrogen (secondary N) is 2. The maximum atomic E-state index is 5.93. The molecule has 0 aliphatic carbocycles. The van der Waals surface area contributed by atoms with E-state index in [2.05, 4.69) is 29.4 Å². The molecular weight excluding hydrogens is 188 g/mol. The van der Waals surface area contributed by atoms with Gasteiger partial charge in [-0.25, -0.2) is 0 Å². The van der Waals surface area contributed by atoms with Gasteiger partial charge in [0.05, 0.1) is 23.1 Å². The highest BCUT2D eigenvalue weighted by atomic mass is 15.1. The Kier molecular flexibility index (Phi) is 2.49. The zero-order chi connectivity index (χ0) is 10.8. The van der Waals surface area contributed by atoms with Crippen molar-refractivity contribution in [2.45, 2.75) is 13.8 Å². The topological polar surface area (TPSA) is 66.7 Å². The van der Waals surface area contributed by atoms with Gasteiger partial charge in [-0.3, -0.25) is 5.10 Å². The van der Waals surface area contributed by atoms with Gasteiger partial charge in [-0.2, -0.15) is 5.10 Å². The van der Waals surface area contributed by atoms with Crippen LogP contribution in [0.25, 0.3) is 10.9 Å². The molecular formula is C11H16N4. The molecule has 80 valence electrons. The maximum Gasteiger partial charge on any atom is 0.0672 e. The molecule has 2 rings (SSSR count). The van der Waals surface area contributed by atoms with Crippen LogP contribution in [0, 0.1) is 5.92 Å². The Bertz CT molecular complexity index is 459. The van der Waals surface area contributed by atoms with Crippen LogP contribution in [0.5, 0.6) is 0 Å². The van der Waals surface area contributed by atoms with E-state index in [0.717, 1.165) is 28.8 Å². The molecule has 0 aliphatic rings. The third-order valence-electron chi connectivity index (χ3n) is 2.31. The third-order valence-corrected chi connectivity index (χ3v) is 2.31. The minimum absolute atomic E-state index is 0.599. The van der Waals surface area contributed by atoms with Crippen molar-refractivity contribution in [2.24, 2.45) is 5.92 Å². The number of hydrogen-bond donors (Lipinski definition) is 3. The first-order chi connectivity index (χ1) is 7.16. The summed E-state index contributed by atoms with van der Waals surface area (Å²) in [4.78, 5) is 0. The molecule has 0 saturated carbocycles. The molecule has 0 fully saturated rings. The lowest BCUT2D eigenvalue weighted by Crippen LogP contribution is -2.09. The number of hydrogen-bond acceptors (Lipinski definition) is 3. The highest BCUT2D eigenvalue weighted by Crippen LogP contribution is 2.24. The lowest BCUT2D eigenvalue weighted by Gasteiger charge is -2.11. The van der Waals surface area contributed by atoms with Crippen LogP contribution < -0.4 is 11.1 Å². The van der Waals surface area contributed by atoms with Crippen LogP contribution in [0.4, 0.5) is 11.4 Å². The summed E-state index contributed by atoms with van der Waals surface area (Å²) in [6.07, 6.45) is 1.78. The standard InChI is InChI=1S/C11H16N4/c1-7(2)5-13-11-4-10-8(3-9(11)12)6-14-15-10/h3-4,6-7,13H,5,12H2,1-2H3,(H,14,15). The fourth-order valence-corrected chi connectivity index (χ4v) is 1.48. The minimum atomic E-state index is 0.599. The Labute approximate surface area is 88.9 Å². The van der Waals surface area contributed by atoms with Crippen LogP contribution in [-0.4, -0.2) is 16.7 Å². The van der Waals surface area contributed by atoms with Crippen molar-refractivity contribution in [1.82, 2.24) is 10.2 Å². The van der Waals surface area contributed by atoms with E-state index in [-0.39, 0.29) is 0 Å². The highest BCUT2D eigenvalue weighted by Gasteiger charge is 2.03. The molecule has 4 heteroatoms. The lowest BCUT2D eigenvalue weighted by molar-refractivity contribution is 0.689. The van der Waals surface area contributed by atoms with E-state index in [1.54, 1.807) is 6.20 Å². The Morgan fingerprint density at radius 2 is 2.27 bits per heavy atom. The highest BCUT2D eigenvalue weighted by molar-refractivity contribution is 5.88. The van der Waals surface area contributed by atoms with Gasteiger partial charge in [0, 0.05) is 11.9 Å². The number of fused-ring (bicyclic) bond motifs is 1. The van der Waals surface area contributed by atoms with Crippen molar-refractivity contribution in [1.29, 1.82) is 0 Å². The van der Waals surface area contributed by atoms with Crippen LogP contribution >= 0.6 is 0 Å². The van der Waals surface area contributed by atoms with Gasteiger partial charge in [0.2, 0.25) is 0 Å². The molecule has 0 radical (unpaired) electrons. The van der Waals surface area contributed by atoms with Crippen molar-refractivity contribution >= 4 is 22.3 Å². The van der Waals surface area contributed by atoms with E-state index in [0.29, 0.717) is 5.92 Å². The first-order valence-corrected chi connectivity index (χ1v) is 5.13. The molecule has 0 amide bonds. The van der Waals surface area contributed by atoms with E-state index in [4.69, 9.17) is 5.73 Å². The average molecular weight is 204 g/mol. The molecule has 1 aromatic heterocycles. The molecule has 0 aliphatic heterocycles. The Morgan fingerprint density at radius 3 is 3.00 bits per heavy atom. The third kappa shape index (κ3) is 2.03. The molecule has 0 spiro atoms. The monoisotopic (exact) mass is 204 g/mol. The summed E-state index contributed by atoms with van der Waals surface area (Å²) >= 11 is 0. The first-order valence-electron chi connectivity index (χ1n) is 5.13. The van der Waals surface area contributed by atoms with Gasteiger partial charge >= 0.3 is 0 Å². The van der Waals surface area contributed by atoms with E-state index < -0.39 is 0 Å². The van der Waals surface area contributed by atoms with Crippen LogP contribution in [0.2, 0.25) is 0 Å². The number of aromatic amines is 1. The normalized spacial score (nSPS) is 11.1. The average Bonchev–Trinajstić information content (AvgIpc) is 2.60. The van der Waals surface area contributed by atoms with Crippen molar-refractivity contribution in [3.63, 3.8) is 0 Å². The minimum Gasteiger partial charge on any atom is -0.397 e. The summed E-state index contributed by atoms with van der Waals surface area (Å²) in [5.74, 6) is 0.599. The second kappa shape index (κ2) is 3.81. The van der Waals surface area contributed by atoms with Gasteiger partial charge in [0.25, 0.3) is 0 Å². The summed E-state index contributed by atoms with van der Waals surface area (Å²) in [5, 5.41) is 11.3. The molecule has 2 aromatic rings. The lowest BCUT2D eigenvalue weighted by atomic mass is 10.2. The summed E-state index contributed by atoms with van der Waals surface area (Å²) < 4.78 is 0. The molecule has 15 heavy (non-hydrogen) atoms. The number of nitrogens with two attached hydrogens (primary N) is 1. The van der Waals surface area contributed by atoms with Gasteiger partial charge in [-0.1, -0.05) is 13.8 Å². The number of rotatable bonds is 3. The second-order valence-electron chi connectivity index (χ2n) is 4.17. The van der Waals surface area contributed by atoms with Gasteiger partial charge in [-0.05, 0) is 18.1 Å². The summed E-state index contributed by atoms with van der Waals surface area (Å²) in [7, 11) is 0. The number of benzene rings is 1. The van der Waals surface area contributed by atoms with Crippen molar-refractivity contribution in [3.05, 3.63) is 18.3 Å². The first kappa shape index (κ1) is 9.83. The predicted octanol–water partition coefficient (Wildman–Crippen LogP) is 2.21. The van der Waals surface area contributed by atoms with Crippen LogP contribution in [0.3, 0.4) is 0 Å². The Hall–Kier alpha value is -1.71. The smallest absolute Gasteiger partial charge is 0.0672 e. The van der Waals surface area contributed by atoms with Crippen LogP contribution in [0.1, 0.15) is 13.8 Å². The van der Waals surface area contributed by atoms with Gasteiger partial charge in [-0.15, -0.1) is 0 Å². The van der Waals surface area contributed by atoms with Gasteiger partial charge < -0.3 is 11.1 Å². The number of aromatic nitrogens is 2. The molecule has 1 aromatic carbocycles. The quantitative estimate of drug-likeness (QED) is 0.671. The van der Waals surface area contributed by atoms with E-state index in [9.17, 15) is 0 Å². The van der Waals surface area contributed by atoms with Crippen molar-refractivity contribution in [2.75, 3.05) is 17.6 Å². The van der Waals surface area contributed by atoms with Crippen LogP contribution in [-0.2, 0) is 0 Å². The number of anilines is 2. The van der Waals surface area contributed by atoms with E-state index in [1.807, 2.05) is 12.1 Å². The summed E-state index contributed by atoms with van der Waals surface area (Å²) in [6.45, 7) is 5.25. The van der Waals surface area contributed by atoms with Gasteiger partial charge in [0.1, 0.15) is 0 Å². The van der Waals surface area contributed by atoms with Crippen molar-refractivity contribution in [3.8, 4) is 0 Å². The summed E-state index contributed by atoms with van der Waals surface area (Å²) in [5.41, 5.74) is 8.68.